The van der Waals surface area contributed by atoms with Crippen molar-refractivity contribution < 1.29 is 0 Å². The molecule has 1 heterocycles. The van der Waals surface area contributed by atoms with Crippen molar-refractivity contribution >= 4 is 0 Å². The fourth-order valence-electron chi connectivity index (χ4n) is 6.02. The Hall–Kier alpha value is -6.45. The van der Waals surface area contributed by atoms with Crippen LogP contribution >= 0.6 is 0 Å². The van der Waals surface area contributed by atoms with Gasteiger partial charge in [0, 0.05) is 16.7 Å². The third-order valence-corrected chi connectivity index (χ3v) is 8.54. The fourth-order valence-corrected chi connectivity index (χ4v) is 6.02. The normalized spacial score (nSPS) is 10.9. The fraction of sp³-hybridized carbons (Fsp3) is 0. The Kier molecular flexibility index (Phi) is 7.92. The zero-order valence-corrected chi connectivity index (χ0v) is 26.2. The van der Waals surface area contributed by atoms with Crippen molar-refractivity contribution in [1.82, 2.24) is 15.0 Å². The van der Waals surface area contributed by atoms with Gasteiger partial charge in [-0.2, -0.15) is 0 Å². The second-order valence-electron chi connectivity index (χ2n) is 11.7. The van der Waals surface area contributed by atoms with Crippen molar-refractivity contribution in [2.75, 3.05) is 0 Å². The number of aromatic nitrogens is 3. The maximum absolute atomic E-state index is 5.05. The molecule has 0 bridgehead atoms. The molecule has 0 amide bonds. The number of benzene rings is 7. The number of hydrogen-bond donors (Lipinski definition) is 0. The Morgan fingerprint density at radius 1 is 0.188 bits per heavy atom. The molecule has 0 aliphatic carbocycles. The molecule has 48 heavy (non-hydrogen) atoms. The minimum Gasteiger partial charge on any atom is -0.208 e. The van der Waals surface area contributed by atoms with E-state index >= 15 is 0 Å². The topological polar surface area (TPSA) is 38.7 Å². The highest BCUT2D eigenvalue weighted by Gasteiger charge is 2.14. The van der Waals surface area contributed by atoms with Gasteiger partial charge in [0.25, 0.3) is 0 Å². The van der Waals surface area contributed by atoms with E-state index in [0.717, 1.165) is 38.9 Å². The highest BCUT2D eigenvalue weighted by atomic mass is 15.0. The van der Waals surface area contributed by atoms with Crippen LogP contribution in [-0.4, -0.2) is 15.0 Å². The molecular formula is C45H31N3. The number of nitrogens with zero attached hydrogens (tertiary/aromatic N) is 3. The molecule has 1 aromatic heterocycles. The lowest BCUT2D eigenvalue weighted by atomic mass is 9.96. The zero-order valence-electron chi connectivity index (χ0n) is 26.2. The van der Waals surface area contributed by atoms with Crippen molar-refractivity contribution in [3.05, 3.63) is 188 Å². The average molecular weight is 614 g/mol. The quantitative estimate of drug-likeness (QED) is 0.179. The first-order chi connectivity index (χ1) is 23.8. The van der Waals surface area contributed by atoms with E-state index in [4.69, 9.17) is 15.0 Å². The SMILES string of the molecule is c1ccc(-c2ccc(-c3cccc(-c4cccc(-c5nc(-c6ccccc6)nc(-c6cccc(-c7ccccc7)c6)n5)c4)c3)cc2)cc1. The minimum atomic E-state index is 0.637. The van der Waals surface area contributed by atoms with Crippen molar-refractivity contribution in [3.8, 4) is 78.7 Å². The van der Waals surface area contributed by atoms with Gasteiger partial charge in [0.2, 0.25) is 0 Å². The van der Waals surface area contributed by atoms with Crippen molar-refractivity contribution in [2.45, 2.75) is 0 Å². The summed E-state index contributed by atoms with van der Waals surface area (Å²) in [5.74, 6) is 1.92. The van der Waals surface area contributed by atoms with Crippen LogP contribution in [0.3, 0.4) is 0 Å². The summed E-state index contributed by atoms with van der Waals surface area (Å²) in [6.07, 6.45) is 0. The van der Waals surface area contributed by atoms with E-state index in [1.807, 2.05) is 42.5 Å². The molecule has 0 fully saturated rings. The summed E-state index contributed by atoms with van der Waals surface area (Å²) in [5.41, 5.74) is 12.1. The molecule has 0 atom stereocenters. The maximum atomic E-state index is 5.05. The van der Waals surface area contributed by atoms with Gasteiger partial charge >= 0.3 is 0 Å². The van der Waals surface area contributed by atoms with Gasteiger partial charge in [0.05, 0.1) is 0 Å². The zero-order chi connectivity index (χ0) is 32.1. The molecule has 0 saturated carbocycles. The molecule has 3 nitrogen and oxygen atoms in total. The third kappa shape index (κ3) is 6.18. The lowest BCUT2D eigenvalue weighted by Gasteiger charge is -2.11. The molecule has 7 aromatic carbocycles. The van der Waals surface area contributed by atoms with Crippen LogP contribution in [0.4, 0.5) is 0 Å². The average Bonchev–Trinajstić information content (AvgIpc) is 3.19. The first-order valence-corrected chi connectivity index (χ1v) is 16.1. The summed E-state index contributed by atoms with van der Waals surface area (Å²) >= 11 is 0. The number of rotatable bonds is 7. The van der Waals surface area contributed by atoms with Crippen LogP contribution in [0.2, 0.25) is 0 Å². The lowest BCUT2D eigenvalue weighted by molar-refractivity contribution is 1.07. The molecule has 0 saturated heterocycles. The smallest absolute Gasteiger partial charge is 0.164 e. The van der Waals surface area contributed by atoms with E-state index in [0.29, 0.717) is 17.5 Å². The third-order valence-electron chi connectivity index (χ3n) is 8.54. The van der Waals surface area contributed by atoms with E-state index in [9.17, 15) is 0 Å². The Balaban J connectivity index is 1.16. The molecule has 226 valence electrons. The van der Waals surface area contributed by atoms with Gasteiger partial charge in [0.15, 0.2) is 17.5 Å². The van der Waals surface area contributed by atoms with Crippen LogP contribution in [0.5, 0.6) is 0 Å². The highest BCUT2D eigenvalue weighted by Crippen LogP contribution is 2.32. The van der Waals surface area contributed by atoms with E-state index in [2.05, 4.69) is 146 Å². The number of hydrogen-bond acceptors (Lipinski definition) is 3. The molecule has 0 spiro atoms. The molecule has 8 rings (SSSR count). The van der Waals surface area contributed by atoms with Gasteiger partial charge in [-0.1, -0.05) is 170 Å². The molecule has 3 heteroatoms. The van der Waals surface area contributed by atoms with Gasteiger partial charge in [-0.3, -0.25) is 0 Å². The van der Waals surface area contributed by atoms with Crippen LogP contribution in [0.25, 0.3) is 78.7 Å². The maximum Gasteiger partial charge on any atom is 0.164 e. The van der Waals surface area contributed by atoms with E-state index in [1.54, 1.807) is 0 Å². The molecule has 0 aliphatic heterocycles. The Bertz CT molecular complexity index is 2310. The van der Waals surface area contributed by atoms with Gasteiger partial charge in [0.1, 0.15) is 0 Å². The molecule has 8 aromatic rings. The molecule has 0 N–H and O–H groups in total. The Morgan fingerprint density at radius 3 is 0.875 bits per heavy atom. The van der Waals surface area contributed by atoms with E-state index < -0.39 is 0 Å². The predicted molar refractivity (Wildman–Crippen MR) is 198 cm³/mol. The first-order valence-electron chi connectivity index (χ1n) is 16.1. The predicted octanol–water partition coefficient (Wildman–Crippen LogP) is 11.5. The van der Waals surface area contributed by atoms with Gasteiger partial charge in [-0.25, -0.2) is 15.0 Å². The standard InChI is InChI=1S/C45H31N3/c1-4-13-32(14-5-1)34-25-27-35(28-26-34)37-19-10-21-39(29-37)40-22-12-24-42(31-40)45-47-43(36-17-8-3-9-18-36)46-44(48-45)41-23-11-20-38(30-41)33-15-6-2-7-16-33/h1-31H. The molecular weight excluding hydrogens is 583 g/mol. The first kappa shape index (κ1) is 29.0. The van der Waals surface area contributed by atoms with Crippen molar-refractivity contribution in [2.24, 2.45) is 0 Å². The van der Waals surface area contributed by atoms with Crippen LogP contribution in [0, 0.1) is 0 Å². The molecule has 0 unspecified atom stereocenters. The summed E-state index contributed by atoms with van der Waals surface area (Å²) in [4.78, 5) is 15.0. The minimum absolute atomic E-state index is 0.637. The lowest BCUT2D eigenvalue weighted by Crippen LogP contribution is -2.00. The Morgan fingerprint density at radius 2 is 0.438 bits per heavy atom. The summed E-state index contributed by atoms with van der Waals surface area (Å²) in [7, 11) is 0. The van der Waals surface area contributed by atoms with Crippen LogP contribution < -0.4 is 0 Å². The van der Waals surface area contributed by atoms with Crippen LogP contribution in [-0.2, 0) is 0 Å². The largest absolute Gasteiger partial charge is 0.208 e. The van der Waals surface area contributed by atoms with Gasteiger partial charge < -0.3 is 0 Å². The Labute approximate surface area is 280 Å². The van der Waals surface area contributed by atoms with Gasteiger partial charge in [-0.05, 0) is 62.7 Å². The highest BCUT2D eigenvalue weighted by molar-refractivity contribution is 5.78. The summed E-state index contributed by atoms with van der Waals surface area (Å²) in [5, 5.41) is 0. The summed E-state index contributed by atoms with van der Waals surface area (Å²) < 4.78 is 0. The summed E-state index contributed by atoms with van der Waals surface area (Å²) in [6.45, 7) is 0. The van der Waals surface area contributed by atoms with Gasteiger partial charge in [-0.15, -0.1) is 0 Å². The monoisotopic (exact) mass is 613 g/mol. The van der Waals surface area contributed by atoms with Crippen LogP contribution in [0.15, 0.2) is 188 Å². The molecule has 0 radical (unpaired) electrons. The van der Waals surface area contributed by atoms with E-state index in [-0.39, 0.29) is 0 Å². The second-order valence-corrected chi connectivity index (χ2v) is 11.7. The second kappa shape index (κ2) is 13.1. The van der Waals surface area contributed by atoms with Crippen molar-refractivity contribution in [1.29, 1.82) is 0 Å². The van der Waals surface area contributed by atoms with Crippen molar-refractivity contribution in [3.63, 3.8) is 0 Å². The van der Waals surface area contributed by atoms with E-state index in [1.165, 1.54) is 22.3 Å². The summed E-state index contributed by atoms with van der Waals surface area (Å²) in [6, 6.07) is 65.3. The van der Waals surface area contributed by atoms with Crippen LogP contribution in [0.1, 0.15) is 0 Å². The molecule has 0 aliphatic rings.